The summed E-state index contributed by atoms with van der Waals surface area (Å²) in [5.74, 6) is -0.294. The fourth-order valence-electron chi connectivity index (χ4n) is 0.719. The predicted molar refractivity (Wildman–Crippen MR) is 49.2 cm³/mol. The minimum atomic E-state index is -0.294. The second-order valence-electron chi connectivity index (χ2n) is 2.23. The Hall–Kier alpha value is -1.75. The zero-order chi connectivity index (χ0) is 9.52. The number of aromatic nitrogens is 1. The van der Waals surface area contributed by atoms with Crippen LogP contribution in [0.4, 0.5) is 0 Å². The molecular weight excluding hydrogens is 168 g/mol. The molecule has 5 nitrogen and oxygen atoms in total. The zero-order valence-corrected chi connectivity index (χ0v) is 6.97. The molecule has 5 heteroatoms. The van der Waals surface area contributed by atoms with Crippen LogP contribution < -0.4 is 11.2 Å². The quantitative estimate of drug-likeness (QED) is 0.495. The van der Waals surface area contributed by atoms with Gasteiger partial charge in [0.05, 0.1) is 5.56 Å². The maximum atomic E-state index is 11.2. The summed E-state index contributed by atoms with van der Waals surface area (Å²) in [6.07, 6.45) is 4.47. The summed E-state index contributed by atoms with van der Waals surface area (Å²) in [7, 11) is 0. The van der Waals surface area contributed by atoms with E-state index in [0.717, 1.165) is 0 Å². The van der Waals surface area contributed by atoms with Gasteiger partial charge in [-0.15, -0.1) is 0 Å². The van der Waals surface area contributed by atoms with Crippen molar-refractivity contribution in [1.29, 1.82) is 0 Å². The molecule has 0 bridgehead atoms. The maximum Gasteiger partial charge on any atom is 0.272 e. The van der Waals surface area contributed by atoms with Gasteiger partial charge >= 0.3 is 0 Å². The van der Waals surface area contributed by atoms with Crippen LogP contribution in [0.2, 0.25) is 0 Å². The van der Waals surface area contributed by atoms with Gasteiger partial charge in [0, 0.05) is 25.2 Å². The van der Waals surface area contributed by atoms with Crippen LogP contribution in [0, 0.1) is 0 Å². The van der Waals surface area contributed by atoms with Crippen LogP contribution in [-0.4, -0.2) is 23.7 Å². The molecular formula is C8H10N4O. The number of rotatable bonds is 3. The van der Waals surface area contributed by atoms with E-state index in [1.165, 1.54) is 12.4 Å². The zero-order valence-electron chi connectivity index (χ0n) is 6.97. The van der Waals surface area contributed by atoms with Crippen molar-refractivity contribution in [2.75, 3.05) is 6.54 Å². The van der Waals surface area contributed by atoms with Gasteiger partial charge in [-0.25, -0.2) is 5.43 Å². The lowest BCUT2D eigenvalue weighted by molar-refractivity contribution is 0.0954. The number of nitrogens with two attached hydrogens (primary N) is 1. The van der Waals surface area contributed by atoms with E-state index in [4.69, 9.17) is 5.73 Å². The van der Waals surface area contributed by atoms with Gasteiger partial charge in [-0.3, -0.25) is 9.78 Å². The van der Waals surface area contributed by atoms with Gasteiger partial charge in [0.15, 0.2) is 0 Å². The van der Waals surface area contributed by atoms with E-state index < -0.39 is 0 Å². The van der Waals surface area contributed by atoms with Crippen molar-refractivity contribution in [3.05, 3.63) is 30.1 Å². The van der Waals surface area contributed by atoms with Crippen LogP contribution >= 0.6 is 0 Å². The minimum Gasteiger partial charge on any atom is -0.326 e. The highest BCUT2D eigenvalue weighted by molar-refractivity contribution is 5.93. The Labute approximate surface area is 75.7 Å². The van der Waals surface area contributed by atoms with Crippen molar-refractivity contribution in [2.45, 2.75) is 0 Å². The van der Waals surface area contributed by atoms with Crippen LogP contribution in [0.3, 0.4) is 0 Å². The summed E-state index contributed by atoms with van der Waals surface area (Å²) in [4.78, 5) is 15.0. The third-order valence-electron chi connectivity index (χ3n) is 1.29. The standard InChI is InChI=1S/C8H10N4O/c9-3-5-11-12-8(13)7-2-1-4-10-6-7/h1-2,4-6H,3,9H2,(H,12,13). The van der Waals surface area contributed by atoms with Gasteiger partial charge in [-0.05, 0) is 12.1 Å². The highest BCUT2D eigenvalue weighted by atomic mass is 16.2. The first-order valence-corrected chi connectivity index (χ1v) is 3.76. The van der Waals surface area contributed by atoms with E-state index in [2.05, 4.69) is 15.5 Å². The summed E-state index contributed by atoms with van der Waals surface area (Å²) in [5, 5.41) is 3.59. The smallest absolute Gasteiger partial charge is 0.272 e. The number of pyridine rings is 1. The summed E-state index contributed by atoms with van der Waals surface area (Å²) in [6, 6.07) is 3.34. The molecule has 3 N–H and O–H groups in total. The van der Waals surface area contributed by atoms with E-state index in [-0.39, 0.29) is 5.91 Å². The van der Waals surface area contributed by atoms with E-state index in [9.17, 15) is 4.79 Å². The molecule has 13 heavy (non-hydrogen) atoms. The summed E-state index contributed by atoms with van der Waals surface area (Å²) < 4.78 is 0. The molecule has 0 aromatic carbocycles. The normalized spacial score (nSPS) is 10.2. The number of hydrazone groups is 1. The Morgan fingerprint density at radius 1 is 1.77 bits per heavy atom. The van der Waals surface area contributed by atoms with Gasteiger partial charge in [-0.1, -0.05) is 0 Å². The second-order valence-corrected chi connectivity index (χ2v) is 2.23. The average Bonchev–Trinajstić information content (AvgIpc) is 2.19. The third-order valence-corrected chi connectivity index (χ3v) is 1.29. The number of carbonyl (C=O) groups is 1. The Kier molecular flexibility index (Phi) is 3.59. The predicted octanol–water partition coefficient (Wildman–Crippen LogP) is -0.244. The molecule has 0 radical (unpaired) electrons. The summed E-state index contributed by atoms with van der Waals surface area (Å²) in [5.41, 5.74) is 7.92. The van der Waals surface area contributed by atoms with Crippen molar-refractivity contribution in [1.82, 2.24) is 10.4 Å². The third kappa shape index (κ3) is 3.00. The van der Waals surface area contributed by atoms with Gasteiger partial charge in [0.1, 0.15) is 0 Å². The molecule has 1 heterocycles. The second kappa shape index (κ2) is 5.00. The topological polar surface area (TPSA) is 80.4 Å². The molecule has 0 saturated carbocycles. The Morgan fingerprint density at radius 2 is 2.62 bits per heavy atom. The molecule has 0 aliphatic carbocycles. The lowest BCUT2D eigenvalue weighted by Crippen LogP contribution is -2.18. The number of amides is 1. The molecule has 0 aliphatic rings. The molecule has 0 aliphatic heterocycles. The fraction of sp³-hybridized carbons (Fsp3) is 0.125. The van der Waals surface area contributed by atoms with Crippen molar-refractivity contribution >= 4 is 12.1 Å². The van der Waals surface area contributed by atoms with E-state index in [1.54, 1.807) is 18.3 Å². The minimum absolute atomic E-state index is 0.294. The van der Waals surface area contributed by atoms with Crippen LogP contribution in [0.5, 0.6) is 0 Å². The van der Waals surface area contributed by atoms with E-state index >= 15 is 0 Å². The molecule has 1 rings (SSSR count). The SMILES string of the molecule is NCC=NNC(=O)c1cccnc1. The lowest BCUT2D eigenvalue weighted by atomic mass is 10.3. The van der Waals surface area contributed by atoms with Gasteiger partial charge < -0.3 is 5.73 Å². The first kappa shape index (κ1) is 9.34. The van der Waals surface area contributed by atoms with Crippen LogP contribution in [0.1, 0.15) is 10.4 Å². The molecule has 68 valence electrons. The van der Waals surface area contributed by atoms with Crippen LogP contribution in [-0.2, 0) is 0 Å². The monoisotopic (exact) mass is 178 g/mol. The molecule has 0 atom stereocenters. The van der Waals surface area contributed by atoms with Crippen LogP contribution in [0.15, 0.2) is 29.6 Å². The van der Waals surface area contributed by atoms with Crippen molar-refractivity contribution < 1.29 is 4.79 Å². The van der Waals surface area contributed by atoms with Gasteiger partial charge in [0.25, 0.3) is 5.91 Å². The first-order valence-electron chi connectivity index (χ1n) is 3.76. The van der Waals surface area contributed by atoms with Gasteiger partial charge in [-0.2, -0.15) is 5.10 Å². The Bertz CT molecular complexity index is 296. The largest absolute Gasteiger partial charge is 0.326 e. The highest BCUT2D eigenvalue weighted by Gasteiger charge is 2.01. The fourth-order valence-corrected chi connectivity index (χ4v) is 0.719. The molecule has 1 amide bonds. The number of nitrogens with zero attached hydrogens (tertiary/aromatic N) is 2. The average molecular weight is 178 g/mol. The molecule has 0 spiro atoms. The van der Waals surface area contributed by atoms with Crippen molar-refractivity contribution in [3.63, 3.8) is 0 Å². The van der Waals surface area contributed by atoms with E-state index in [0.29, 0.717) is 12.1 Å². The lowest BCUT2D eigenvalue weighted by Gasteiger charge is -1.96. The number of hydrogen-bond acceptors (Lipinski definition) is 4. The summed E-state index contributed by atoms with van der Waals surface area (Å²) in [6.45, 7) is 0.299. The first-order chi connectivity index (χ1) is 6.34. The molecule has 0 saturated heterocycles. The molecule has 0 fully saturated rings. The van der Waals surface area contributed by atoms with Crippen LogP contribution in [0.25, 0.3) is 0 Å². The number of carbonyl (C=O) groups excluding carboxylic acids is 1. The number of hydrogen-bond donors (Lipinski definition) is 2. The van der Waals surface area contributed by atoms with E-state index in [1.807, 2.05) is 0 Å². The Balaban J connectivity index is 2.54. The van der Waals surface area contributed by atoms with Crippen molar-refractivity contribution in [3.8, 4) is 0 Å². The molecule has 1 aromatic rings. The Morgan fingerprint density at radius 3 is 3.23 bits per heavy atom. The summed E-state index contributed by atoms with van der Waals surface area (Å²) >= 11 is 0. The van der Waals surface area contributed by atoms with Crippen molar-refractivity contribution in [2.24, 2.45) is 10.8 Å². The van der Waals surface area contributed by atoms with Gasteiger partial charge in [0.2, 0.25) is 0 Å². The highest BCUT2D eigenvalue weighted by Crippen LogP contribution is 1.93. The maximum absolute atomic E-state index is 11.2. The molecule has 0 unspecified atom stereocenters. The number of nitrogens with one attached hydrogen (secondary N) is 1. The molecule has 1 aromatic heterocycles.